The van der Waals surface area contributed by atoms with E-state index in [4.69, 9.17) is 16.3 Å². The number of rotatable bonds is 6. The fourth-order valence-electron chi connectivity index (χ4n) is 3.38. The summed E-state index contributed by atoms with van der Waals surface area (Å²) in [5.41, 5.74) is 2.15. The lowest BCUT2D eigenvalue weighted by Crippen LogP contribution is -2.38. The molecule has 0 saturated heterocycles. The fourth-order valence-corrected chi connectivity index (χ4v) is 4.42. The molecular formula is C20H26ClNO4S. The van der Waals surface area contributed by atoms with Gasteiger partial charge in [0.15, 0.2) is 5.12 Å². The van der Waals surface area contributed by atoms with Gasteiger partial charge in [-0.1, -0.05) is 48.7 Å². The largest absolute Gasteiger partial charge is 0.468 e. The summed E-state index contributed by atoms with van der Waals surface area (Å²) in [6, 6.07) is 3.57. The van der Waals surface area contributed by atoms with E-state index in [9.17, 15) is 14.4 Å². The van der Waals surface area contributed by atoms with Crippen LogP contribution in [0.25, 0.3) is 0 Å². The lowest BCUT2D eigenvalue weighted by Gasteiger charge is -2.26. The minimum Gasteiger partial charge on any atom is -0.468 e. The van der Waals surface area contributed by atoms with Crippen LogP contribution in [0.4, 0.5) is 5.69 Å². The van der Waals surface area contributed by atoms with Crippen LogP contribution in [-0.4, -0.2) is 36.4 Å². The van der Waals surface area contributed by atoms with Gasteiger partial charge in [0.1, 0.15) is 6.54 Å². The van der Waals surface area contributed by atoms with Crippen molar-refractivity contribution < 1.29 is 19.1 Å². The van der Waals surface area contributed by atoms with E-state index >= 15 is 0 Å². The highest BCUT2D eigenvalue weighted by Crippen LogP contribution is 2.32. The Bertz CT molecular complexity index is 716. The van der Waals surface area contributed by atoms with Gasteiger partial charge in [0.05, 0.1) is 18.6 Å². The number of hydrogen-bond donors (Lipinski definition) is 0. The molecule has 0 unspecified atom stereocenters. The molecule has 5 nitrogen and oxygen atoms in total. The number of esters is 1. The van der Waals surface area contributed by atoms with Crippen LogP contribution in [0, 0.1) is 19.8 Å². The highest BCUT2D eigenvalue weighted by Gasteiger charge is 2.27. The summed E-state index contributed by atoms with van der Waals surface area (Å²) in [5.74, 6) is -0.786. The summed E-state index contributed by atoms with van der Waals surface area (Å²) < 4.78 is 4.74. The first kappa shape index (κ1) is 21.8. The molecule has 1 aliphatic carbocycles. The van der Waals surface area contributed by atoms with Gasteiger partial charge in [-0.25, -0.2) is 0 Å². The lowest BCUT2D eigenvalue weighted by molar-refractivity contribution is -0.139. The van der Waals surface area contributed by atoms with Crippen LogP contribution in [0.15, 0.2) is 12.1 Å². The van der Waals surface area contributed by atoms with Crippen LogP contribution in [0.5, 0.6) is 0 Å². The molecule has 0 aromatic heterocycles. The molecule has 0 aliphatic heterocycles. The molecule has 0 N–H and O–H groups in total. The average molecular weight is 412 g/mol. The molecule has 0 radical (unpaired) electrons. The molecule has 0 bridgehead atoms. The summed E-state index contributed by atoms with van der Waals surface area (Å²) >= 11 is 7.27. The number of nitrogens with zero attached hydrogens (tertiary/aromatic N) is 1. The number of methoxy groups -OCH3 is 1. The summed E-state index contributed by atoms with van der Waals surface area (Å²) in [7, 11) is 1.28. The van der Waals surface area contributed by atoms with Gasteiger partial charge in [-0.05, 0) is 43.9 Å². The topological polar surface area (TPSA) is 63.7 Å². The molecule has 1 fully saturated rings. The molecule has 1 aliphatic rings. The van der Waals surface area contributed by atoms with Gasteiger partial charge in [0, 0.05) is 10.9 Å². The average Bonchev–Trinajstić information content (AvgIpc) is 2.68. The molecule has 148 valence electrons. The van der Waals surface area contributed by atoms with Crippen LogP contribution in [0.2, 0.25) is 5.02 Å². The number of benzene rings is 1. The van der Waals surface area contributed by atoms with E-state index in [1.165, 1.54) is 18.4 Å². The monoisotopic (exact) mass is 411 g/mol. The number of hydrogen-bond acceptors (Lipinski definition) is 5. The molecule has 1 aromatic rings. The second kappa shape index (κ2) is 10.1. The zero-order valence-corrected chi connectivity index (χ0v) is 17.6. The Morgan fingerprint density at radius 3 is 2.48 bits per heavy atom. The van der Waals surface area contributed by atoms with Crippen LogP contribution < -0.4 is 4.90 Å². The van der Waals surface area contributed by atoms with Gasteiger partial charge in [-0.3, -0.25) is 19.3 Å². The van der Waals surface area contributed by atoms with Gasteiger partial charge in [0.25, 0.3) is 0 Å². The van der Waals surface area contributed by atoms with Crippen molar-refractivity contribution in [1.29, 1.82) is 0 Å². The minimum absolute atomic E-state index is 0.00226. The number of amides is 1. The SMILES string of the molecule is COC(=O)CN(C(=O)CSC(=O)C1CCCCC1)c1c(C)ccc(Cl)c1C. The van der Waals surface area contributed by atoms with E-state index in [2.05, 4.69) is 0 Å². The summed E-state index contributed by atoms with van der Waals surface area (Å²) in [6.07, 6.45) is 5.12. The molecule has 2 rings (SSSR count). The second-order valence-electron chi connectivity index (χ2n) is 6.84. The molecule has 1 aromatic carbocycles. The molecule has 27 heavy (non-hydrogen) atoms. The van der Waals surface area contributed by atoms with E-state index in [-0.39, 0.29) is 29.2 Å². The van der Waals surface area contributed by atoms with Crippen LogP contribution in [0.1, 0.15) is 43.2 Å². The number of thioether (sulfide) groups is 1. The van der Waals surface area contributed by atoms with Gasteiger partial charge >= 0.3 is 5.97 Å². The first-order valence-corrected chi connectivity index (χ1v) is 10.5. The fraction of sp³-hybridized carbons (Fsp3) is 0.550. The smallest absolute Gasteiger partial charge is 0.325 e. The van der Waals surface area contributed by atoms with Crippen LogP contribution in [0.3, 0.4) is 0 Å². The Hall–Kier alpha value is -1.53. The molecule has 0 spiro atoms. The molecular weight excluding hydrogens is 386 g/mol. The third-order valence-electron chi connectivity index (χ3n) is 4.93. The Morgan fingerprint density at radius 1 is 1.19 bits per heavy atom. The van der Waals surface area contributed by atoms with E-state index in [1.807, 2.05) is 19.9 Å². The third-order valence-corrected chi connectivity index (χ3v) is 6.35. The van der Waals surface area contributed by atoms with Crippen LogP contribution in [-0.2, 0) is 19.1 Å². The van der Waals surface area contributed by atoms with E-state index in [1.54, 1.807) is 6.07 Å². The Balaban J connectivity index is 2.16. The van der Waals surface area contributed by atoms with Gasteiger partial charge in [-0.15, -0.1) is 0 Å². The van der Waals surface area contributed by atoms with Crippen molar-refractivity contribution in [3.05, 3.63) is 28.3 Å². The van der Waals surface area contributed by atoms with E-state index < -0.39 is 5.97 Å². The Kier molecular flexibility index (Phi) is 8.17. The number of halogens is 1. The van der Waals surface area contributed by atoms with E-state index in [0.29, 0.717) is 10.7 Å². The van der Waals surface area contributed by atoms with Crippen molar-refractivity contribution in [2.45, 2.75) is 46.0 Å². The van der Waals surface area contributed by atoms with Crippen molar-refractivity contribution >= 4 is 46.0 Å². The standard InChI is InChI=1S/C20H26ClNO4S/c1-13-9-10-16(21)14(2)19(13)22(11-18(24)26-3)17(23)12-27-20(25)15-7-5-4-6-8-15/h9-10,15H,4-8,11-12H2,1-3H3. The van der Waals surface area contributed by atoms with Crippen molar-refractivity contribution in [3.63, 3.8) is 0 Å². The van der Waals surface area contributed by atoms with Crippen molar-refractivity contribution in [1.82, 2.24) is 0 Å². The van der Waals surface area contributed by atoms with Crippen molar-refractivity contribution in [2.24, 2.45) is 5.92 Å². The van der Waals surface area contributed by atoms with Crippen molar-refractivity contribution in [2.75, 3.05) is 24.3 Å². The minimum atomic E-state index is -0.522. The third kappa shape index (κ3) is 5.72. The number of carbonyl (C=O) groups excluding carboxylic acids is 3. The molecule has 0 heterocycles. The zero-order valence-electron chi connectivity index (χ0n) is 16.0. The number of ether oxygens (including phenoxy) is 1. The summed E-state index contributed by atoms with van der Waals surface area (Å²) in [4.78, 5) is 38.6. The van der Waals surface area contributed by atoms with Gasteiger partial charge in [-0.2, -0.15) is 0 Å². The normalized spacial score (nSPS) is 14.7. The predicted octanol–water partition coefficient (Wildman–Crippen LogP) is 4.30. The maximum absolute atomic E-state index is 12.9. The van der Waals surface area contributed by atoms with Gasteiger partial charge < -0.3 is 4.74 Å². The first-order valence-electron chi connectivity index (χ1n) is 9.14. The lowest BCUT2D eigenvalue weighted by atomic mass is 9.90. The maximum Gasteiger partial charge on any atom is 0.325 e. The summed E-state index contributed by atoms with van der Waals surface area (Å²) in [6.45, 7) is 3.45. The second-order valence-corrected chi connectivity index (χ2v) is 8.22. The van der Waals surface area contributed by atoms with Gasteiger partial charge in [0.2, 0.25) is 5.91 Å². The number of anilines is 1. The zero-order chi connectivity index (χ0) is 20.0. The predicted molar refractivity (Wildman–Crippen MR) is 109 cm³/mol. The molecule has 0 atom stereocenters. The number of carbonyl (C=O) groups is 3. The highest BCUT2D eigenvalue weighted by atomic mass is 35.5. The molecule has 1 amide bonds. The van der Waals surface area contributed by atoms with E-state index in [0.717, 1.165) is 48.6 Å². The maximum atomic E-state index is 12.9. The highest BCUT2D eigenvalue weighted by molar-refractivity contribution is 8.14. The first-order chi connectivity index (χ1) is 12.8. The quantitative estimate of drug-likeness (QED) is 0.653. The number of aryl methyl sites for hydroxylation is 1. The Morgan fingerprint density at radius 2 is 1.85 bits per heavy atom. The van der Waals surface area contributed by atoms with Crippen molar-refractivity contribution in [3.8, 4) is 0 Å². The molecule has 7 heteroatoms. The van der Waals surface area contributed by atoms with Crippen LogP contribution >= 0.6 is 23.4 Å². The molecule has 1 saturated carbocycles. The summed E-state index contributed by atoms with van der Waals surface area (Å²) in [5, 5.41) is 0.588. The Labute approximate surface area is 169 Å².